The van der Waals surface area contributed by atoms with Gasteiger partial charge in [-0.3, -0.25) is 4.90 Å². The van der Waals surface area contributed by atoms with Gasteiger partial charge in [0.2, 0.25) is 5.89 Å². The van der Waals surface area contributed by atoms with Gasteiger partial charge in [-0.1, -0.05) is 25.9 Å². The van der Waals surface area contributed by atoms with Crippen LogP contribution in [-0.2, 0) is 15.4 Å². The molecule has 3 rings (SSSR count). The zero-order chi connectivity index (χ0) is 19.1. The Morgan fingerprint density at radius 2 is 1.85 bits per heavy atom. The molecular weight excluding hydrogens is 372 g/mol. The average molecular weight is 399 g/mol. The molecule has 0 N–H and O–H groups in total. The highest BCUT2D eigenvalue weighted by atomic mass is 32.2. The molecule has 3 heterocycles. The molecule has 0 unspecified atom stereocenters. The van der Waals surface area contributed by atoms with Crippen molar-refractivity contribution in [2.45, 2.75) is 50.3 Å². The van der Waals surface area contributed by atoms with Crippen molar-refractivity contribution in [1.82, 2.24) is 19.3 Å². The second-order valence-corrected chi connectivity index (χ2v) is 11.1. The Morgan fingerprint density at radius 3 is 2.35 bits per heavy atom. The number of aryl methyl sites for hydroxylation is 1. The van der Waals surface area contributed by atoms with Crippen LogP contribution in [0.2, 0.25) is 0 Å². The molecule has 1 saturated heterocycles. The third-order valence-corrected chi connectivity index (χ3v) is 7.97. The third kappa shape index (κ3) is 3.85. The Balaban J connectivity index is 1.65. The van der Waals surface area contributed by atoms with E-state index in [1.54, 1.807) is 10.4 Å². The van der Waals surface area contributed by atoms with Gasteiger partial charge >= 0.3 is 0 Å². The van der Waals surface area contributed by atoms with Crippen LogP contribution in [0.1, 0.15) is 50.3 Å². The summed E-state index contributed by atoms with van der Waals surface area (Å²) in [6, 6.07) is 3.50. The van der Waals surface area contributed by atoms with Crippen molar-refractivity contribution in [1.29, 1.82) is 0 Å². The summed E-state index contributed by atoms with van der Waals surface area (Å²) in [6.45, 7) is 12.3. The van der Waals surface area contributed by atoms with E-state index in [1.165, 1.54) is 11.3 Å². The van der Waals surface area contributed by atoms with Crippen molar-refractivity contribution in [2.75, 3.05) is 26.2 Å². The SMILES string of the molecule is Cc1ccc(S(=O)(=O)N2CCN([C@@H](C)c3nc(C(C)(C)C)no3)CC2)s1. The fourth-order valence-electron chi connectivity index (χ4n) is 2.87. The molecule has 0 bridgehead atoms. The van der Waals surface area contributed by atoms with Crippen molar-refractivity contribution in [3.63, 3.8) is 0 Å². The first kappa shape index (κ1) is 19.5. The first-order valence-electron chi connectivity index (χ1n) is 8.74. The third-order valence-electron chi connectivity index (χ3n) is 4.60. The van der Waals surface area contributed by atoms with Crippen LogP contribution in [0.15, 0.2) is 20.9 Å². The second-order valence-electron chi connectivity index (χ2n) is 7.69. The smallest absolute Gasteiger partial charge is 0.252 e. The normalized spacial score (nSPS) is 19.0. The van der Waals surface area contributed by atoms with E-state index < -0.39 is 10.0 Å². The van der Waals surface area contributed by atoms with E-state index >= 15 is 0 Å². The molecule has 0 aromatic carbocycles. The fourth-order valence-corrected chi connectivity index (χ4v) is 5.73. The highest BCUT2D eigenvalue weighted by molar-refractivity contribution is 7.91. The Bertz CT molecular complexity index is 859. The highest BCUT2D eigenvalue weighted by Crippen LogP contribution is 2.28. The number of piperazine rings is 1. The summed E-state index contributed by atoms with van der Waals surface area (Å²) in [5, 5.41) is 4.08. The van der Waals surface area contributed by atoms with Gasteiger partial charge in [-0.05, 0) is 26.0 Å². The molecule has 1 fully saturated rings. The Hall–Kier alpha value is -1.29. The minimum Gasteiger partial charge on any atom is -0.338 e. The summed E-state index contributed by atoms with van der Waals surface area (Å²) >= 11 is 1.32. The highest BCUT2D eigenvalue weighted by Gasteiger charge is 2.33. The lowest BCUT2D eigenvalue weighted by Crippen LogP contribution is -2.49. The molecule has 1 aliphatic heterocycles. The van der Waals surface area contributed by atoms with Crippen molar-refractivity contribution in [2.24, 2.45) is 0 Å². The number of aromatic nitrogens is 2. The number of sulfonamides is 1. The van der Waals surface area contributed by atoms with E-state index in [0.29, 0.717) is 42.1 Å². The quantitative estimate of drug-likeness (QED) is 0.788. The zero-order valence-electron chi connectivity index (χ0n) is 15.9. The Morgan fingerprint density at radius 1 is 1.19 bits per heavy atom. The van der Waals surface area contributed by atoms with Gasteiger partial charge in [0.15, 0.2) is 5.82 Å². The summed E-state index contributed by atoms with van der Waals surface area (Å²) < 4.78 is 32.9. The van der Waals surface area contributed by atoms with Gasteiger partial charge in [0.25, 0.3) is 10.0 Å². The Kier molecular flexibility index (Phi) is 5.26. The second kappa shape index (κ2) is 7.03. The standard InChI is InChI=1S/C17H26N4O3S2/c1-12-6-7-14(25-12)26(22,23)21-10-8-20(9-11-21)13(2)15-18-16(19-24-15)17(3,4)5/h6-7,13H,8-11H2,1-5H3/t13-/m0/s1. The lowest BCUT2D eigenvalue weighted by atomic mass is 9.96. The zero-order valence-corrected chi connectivity index (χ0v) is 17.5. The molecule has 2 aromatic heterocycles. The maximum Gasteiger partial charge on any atom is 0.252 e. The molecule has 26 heavy (non-hydrogen) atoms. The van der Waals surface area contributed by atoms with Crippen LogP contribution in [0.4, 0.5) is 0 Å². The van der Waals surface area contributed by atoms with Crippen LogP contribution < -0.4 is 0 Å². The van der Waals surface area contributed by atoms with Crippen LogP contribution >= 0.6 is 11.3 Å². The van der Waals surface area contributed by atoms with E-state index in [2.05, 4.69) is 15.0 Å². The number of nitrogens with zero attached hydrogens (tertiary/aromatic N) is 4. The van der Waals surface area contributed by atoms with Crippen LogP contribution in [0.3, 0.4) is 0 Å². The van der Waals surface area contributed by atoms with Gasteiger partial charge < -0.3 is 4.52 Å². The number of thiophene rings is 1. The largest absolute Gasteiger partial charge is 0.338 e. The lowest BCUT2D eigenvalue weighted by Gasteiger charge is -2.35. The molecule has 0 aliphatic carbocycles. The minimum absolute atomic E-state index is 0.0348. The van der Waals surface area contributed by atoms with Crippen LogP contribution in [0.5, 0.6) is 0 Å². The minimum atomic E-state index is -3.40. The number of rotatable bonds is 4. The van der Waals surface area contributed by atoms with Crippen molar-refractivity contribution in [3.8, 4) is 0 Å². The lowest BCUT2D eigenvalue weighted by molar-refractivity contribution is 0.124. The van der Waals surface area contributed by atoms with Gasteiger partial charge in [0.1, 0.15) is 4.21 Å². The molecule has 7 nitrogen and oxygen atoms in total. The van der Waals surface area contributed by atoms with Crippen molar-refractivity contribution in [3.05, 3.63) is 28.7 Å². The van der Waals surface area contributed by atoms with Gasteiger partial charge in [0, 0.05) is 36.5 Å². The van der Waals surface area contributed by atoms with Gasteiger partial charge in [-0.2, -0.15) is 9.29 Å². The summed E-state index contributed by atoms with van der Waals surface area (Å²) in [7, 11) is -3.40. The molecule has 0 amide bonds. The first-order valence-corrected chi connectivity index (χ1v) is 11.0. The predicted octanol–water partition coefficient (Wildman–Crippen LogP) is 2.80. The Labute approximate surface area is 159 Å². The number of hydrogen-bond acceptors (Lipinski definition) is 7. The summed E-state index contributed by atoms with van der Waals surface area (Å²) in [6.07, 6.45) is 0. The summed E-state index contributed by atoms with van der Waals surface area (Å²) in [4.78, 5) is 7.71. The van der Waals surface area contributed by atoms with Crippen LogP contribution in [0.25, 0.3) is 0 Å². The predicted molar refractivity (Wildman–Crippen MR) is 101 cm³/mol. The van der Waals surface area contributed by atoms with Gasteiger partial charge in [0.05, 0.1) is 6.04 Å². The van der Waals surface area contributed by atoms with E-state index in [0.717, 1.165) is 4.88 Å². The van der Waals surface area contributed by atoms with Crippen LogP contribution in [0, 0.1) is 6.92 Å². The average Bonchev–Trinajstić information content (AvgIpc) is 3.23. The fraction of sp³-hybridized carbons (Fsp3) is 0.647. The maximum atomic E-state index is 12.7. The van der Waals surface area contributed by atoms with E-state index in [-0.39, 0.29) is 11.5 Å². The van der Waals surface area contributed by atoms with Gasteiger partial charge in [-0.25, -0.2) is 8.42 Å². The monoisotopic (exact) mass is 398 g/mol. The molecule has 0 radical (unpaired) electrons. The number of hydrogen-bond donors (Lipinski definition) is 0. The molecule has 0 spiro atoms. The van der Waals surface area contributed by atoms with Gasteiger partial charge in [-0.15, -0.1) is 11.3 Å². The molecule has 144 valence electrons. The first-order chi connectivity index (χ1) is 12.1. The van der Waals surface area contributed by atoms with E-state index in [9.17, 15) is 8.42 Å². The molecule has 9 heteroatoms. The molecule has 0 saturated carbocycles. The van der Waals surface area contributed by atoms with Crippen LogP contribution in [-0.4, -0.2) is 53.9 Å². The van der Waals surface area contributed by atoms with E-state index in [1.807, 2.05) is 40.7 Å². The molecule has 2 aromatic rings. The van der Waals surface area contributed by atoms with Crippen molar-refractivity contribution < 1.29 is 12.9 Å². The maximum absolute atomic E-state index is 12.7. The summed E-state index contributed by atoms with van der Waals surface area (Å²) in [5.41, 5.74) is -0.160. The topological polar surface area (TPSA) is 79.5 Å². The van der Waals surface area contributed by atoms with E-state index in [4.69, 9.17) is 4.52 Å². The molecule has 1 atom stereocenters. The summed E-state index contributed by atoms with van der Waals surface area (Å²) in [5.74, 6) is 1.27. The van der Waals surface area contributed by atoms with Crippen molar-refractivity contribution >= 4 is 21.4 Å². The molecule has 1 aliphatic rings. The molecular formula is C17H26N4O3S2.